The molecule has 2 amide bonds. The summed E-state index contributed by atoms with van der Waals surface area (Å²) in [4.78, 5) is 25.0. The molecule has 4 heteroatoms. The molecular weight excluding hydrogens is 240 g/mol. The Morgan fingerprint density at radius 1 is 1.16 bits per heavy atom. The molecule has 1 N–H and O–H groups in total. The van der Waals surface area contributed by atoms with Crippen molar-refractivity contribution in [1.82, 2.24) is 5.32 Å². The molecule has 0 atom stereocenters. The van der Waals surface area contributed by atoms with Crippen LogP contribution in [0.2, 0.25) is 0 Å². The Morgan fingerprint density at radius 2 is 1.84 bits per heavy atom. The zero-order valence-electron chi connectivity index (χ0n) is 11.7. The van der Waals surface area contributed by atoms with Crippen molar-refractivity contribution in [2.24, 2.45) is 0 Å². The summed E-state index contributed by atoms with van der Waals surface area (Å²) in [7, 11) is 1.68. The molecule has 0 saturated carbocycles. The van der Waals surface area contributed by atoms with Crippen LogP contribution in [0.3, 0.4) is 0 Å². The Bertz CT molecular complexity index is 404. The van der Waals surface area contributed by atoms with Crippen molar-refractivity contribution < 1.29 is 9.59 Å². The van der Waals surface area contributed by atoms with Gasteiger partial charge < -0.3 is 10.2 Å². The fraction of sp³-hybridized carbons (Fsp3) is 0.467. The van der Waals surface area contributed by atoms with Crippen molar-refractivity contribution in [3.05, 3.63) is 30.3 Å². The van der Waals surface area contributed by atoms with Gasteiger partial charge in [-0.3, -0.25) is 9.59 Å². The number of unbranched alkanes of at least 4 members (excludes halogenated alkanes) is 2. The number of carbonyl (C=O) groups is 2. The van der Waals surface area contributed by atoms with Gasteiger partial charge in [0.2, 0.25) is 11.8 Å². The fourth-order valence-corrected chi connectivity index (χ4v) is 1.72. The molecule has 0 aliphatic heterocycles. The highest BCUT2D eigenvalue weighted by atomic mass is 16.2. The van der Waals surface area contributed by atoms with Crippen molar-refractivity contribution in [3.8, 4) is 0 Å². The number of anilines is 1. The minimum Gasteiger partial charge on any atom is -0.356 e. The molecular formula is C15H22N2O2. The predicted octanol–water partition coefficient (Wildman–Crippen LogP) is 2.35. The summed E-state index contributed by atoms with van der Waals surface area (Å²) in [6.07, 6.45) is 3.08. The van der Waals surface area contributed by atoms with Crippen LogP contribution in [-0.4, -0.2) is 25.4 Å². The van der Waals surface area contributed by atoms with E-state index in [-0.39, 0.29) is 18.2 Å². The van der Waals surface area contributed by atoms with E-state index in [9.17, 15) is 9.59 Å². The number of nitrogens with zero attached hydrogens (tertiary/aromatic N) is 1. The number of amides is 2. The average Bonchev–Trinajstić information content (AvgIpc) is 2.43. The molecule has 4 nitrogen and oxygen atoms in total. The lowest BCUT2D eigenvalue weighted by atomic mass is 10.2. The number of rotatable bonds is 7. The van der Waals surface area contributed by atoms with Crippen LogP contribution in [0.5, 0.6) is 0 Å². The molecule has 0 bridgehead atoms. The molecule has 0 aliphatic carbocycles. The summed E-state index contributed by atoms with van der Waals surface area (Å²) >= 11 is 0. The van der Waals surface area contributed by atoms with Gasteiger partial charge in [0.05, 0.1) is 0 Å². The van der Waals surface area contributed by atoms with Gasteiger partial charge in [-0.1, -0.05) is 38.0 Å². The van der Waals surface area contributed by atoms with Crippen LogP contribution in [0.15, 0.2) is 30.3 Å². The quantitative estimate of drug-likeness (QED) is 0.605. The van der Waals surface area contributed by atoms with Crippen LogP contribution in [-0.2, 0) is 9.59 Å². The number of hydrogen-bond donors (Lipinski definition) is 1. The third-order valence-corrected chi connectivity index (χ3v) is 2.93. The van der Waals surface area contributed by atoms with Crippen molar-refractivity contribution in [2.75, 3.05) is 18.5 Å². The van der Waals surface area contributed by atoms with Crippen LogP contribution in [0, 0.1) is 0 Å². The first-order chi connectivity index (χ1) is 9.15. The third kappa shape index (κ3) is 5.55. The SMILES string of the molecule is CCCCCNC(=O)CC(=O)N(C)c1ccccc1. The maximum Gasteiger partial charge on any atom is 0.236 e. The van der Waals surface area contributed by atoms with E-state index in [1.807, 2.05) is 30.3 Å². The van der Waals surface area contributed by atoms with E-state index in [1.165, 1.54) is 4.90 Å². The second-order valence-corrected chi connectivity index (χ2v) is 4.52. The first kappa shape index (κ1) is 15.2. The maximum absolute atomic E-state index is 11.9. The molecule has 1 rings (SSSR count). The predicted molar refractivity (Wildman–Crippen MR) is 77.0 cm³/mol. The Kier molecular flexibility index (Phi) is 6.64. The van der Waals surface area contributed by atoms with Crippen LogP contribution in [0.1, 0.15) is 32.6 Å². The van der Waals surface area contributed by atoms with E-state index in [0.717, 1.165) is 24.9 Å². The van der Waals surface area contributed by atoms with Crippen LogP contribution >= 0.6 is 0 Å². The van der Waals surface area contributed by atoms with E-state index in [1.54, 1.807) is 7.05 Å². The summed E-state index contributed by atoms with van der Waals surface area (Å²) in [6.45, 7) is 2.76. The smallest absolute Gasteiger partial charge is 0.236 e. The van der Waals surface area contributed by atoms with E-state index < -0.39 is 0 Å². The highest BCUT2D eigenvalue weighted by molar-refractivity contribution is 6.04. The number of para-hydroxylation sites is 1. The van der Waals surface area contributed by atoms with Gasteiger partial charge in [-0.05, 0) is 18.6 Å². The van der Waals surface area contributed by atoms with Crippen molar-refractivity contribution in [1.29, 1.82) is 0 Å². The highest BCUT2D eigenvalue weighted by Crippen LogP contribution is 2.11. The summed E-state index contributed by atoms with van der Waals surface area (Å²) in [5.74, 6) is -0.400. The number of hydrogen-bond acceptors (Lipinski definition) is 2. The molecule has 0 heterocycles. The largest absolute Gasteiger partial charge is 0.356 e. The highest BCUT2D eigenvalue weighted by Gasteiger charge is 2.14. The van der Waals surface area contributed by atoms with Gasteiger partial charge in [0.15, 0.2) is 0 Å². The van der Waals surface area contributed by atoms with Gasteiger partial charge in [0.1, 0.15) is 6.42 Å². The zero-order valence-corrected chi connectivity index (χ0v) is 11.7. The van der Waals surface area contributed by atoms with Crippen molar-refractivity contribution in [3.63, 3.8) is 0 Å². The Hall–Kier alpha value is -1.84. The molecule has 0 radical (unpaired) electrons. The zero-order chi connectivity index (χ0) is 14.1. The van der Waals surface area contributed by atoms with Crippen LogP contribution in [0.25, 0.3) is 0 Å². The molecule has 0 fully saturated rings. The maximum atomic E-state index is 11.9. The minimum absolute atomic E-state index is 0.0997. The molecule has 1 aromatic rings. The molecule has 0 aromatic heterocycles. The topological polar surface area (TPSA) is 49.4 Å². The standard InChI is InChI=1S/C15H22N2O2/c1-3-4-8-11-16-14(18)12-15(19)17(2)13-9-6-5-7-10-13/h5-7,9-10H,3-4,8,11-12H2,1-2H3,(H,16,18). The van der Waals surface area contributed by atoms with E-state index >= 15 is 0 Å². The van der Waals surface area contributed by atoms with Gasteiger partial charge >= 0.3 is 0 Å². The number of carbonyl (C=O) groups excluding carboxylic acids is 2. The van der Waals surface area contributed by atoms with Crippen molar-refractivity contribution >= 4 is 17.5 Å². The number of benzene rings is 1. The van der Waals surface area contributed by atoms with E-state index in [2.05, 4.69) is 12.2 Å². The van der Waals surface area contributed by atoms with Crippen LogP contribution in [0.4, 0.5) is 5.69 Å². The van der Waals surface area contributed by atoms with Gasteiger partial charge in [0.25, 0.3) is 0 Å². The summed E-state index contributed by atoms with van der Waals surface area (Å²) < 4.78 is 0. The van der Waals surface area contributed by atoms with E-state index in [0.29, 0.717) is 6.54 Å². The Morgan fingerprint density at radius 3 is 2.47 bits per heavy atom. The molecule has 0 saturated heterocycles. The molecule has 0 spiro atoms. The second kappa shape index (κ2) is 8.29. The summed E-state index contributed by atoms with van der Waals surface area (Å²) in [6, 6.07) is 9.31. The average molecular weight is 262 g/mol. The molecule has 104 valence electrons. The van der Waals surface area contributed by atoms with Crippen LogP contribution < -0.4 is 10.2 Å². The Balaban J connectivity index is 2.36. The molecule has 0 unspecified atom stereocenters. The molecule has 19 heavy (non-hydrogen) atoms. The summed E-state index contributed by atoms with van der Waals surface area (Å²) in [5, 5.41) is 2.77. The lowest BCUT2D eigenvalue weighted by Gasteiger charge is -2.16. The lowest BCUT2D eigenvalue weighted by molar-refractivity contribution is -0.127. The second-order valence-electron chi connectivity index (χ2n) is 4.52. The van der Waals surface area contributed by atoms with Crippen molar-refractivity contribution in [2.45, 2.75) is 32.6 Å². The first-order valence-electron chi connectivity index (χ1n) is 6.73. The molecule has 1 aromatic carbocycles. The van der Waals surface area contributed by atoms with Gasteiger partial charge in [-0.2, -0.15) is 0 Å². The number of nitrogens with one attached hydrogen (secondary N) is 1. The monoisotopic (exact) mass is 262 g/mol. The fourth-order valence-electron chi connectivity index (χ4n) is 1.72. The molecule has 0 aliphatic rings. The summed E-state index contributed by atoms with van der Waals surface area (Å²) in [5.41, 5.74) is 0.797. The lowest BCUT2D eigenvalue weighted by Crippen LogP contribution is -2.33. The third-order valence-electron chi connectivity index (χ3n) is 2.93. The van der Waals surface area contributed by atoms with Gasteiger partial charge in [0, 0.05) is 19.3 Å². The van der Waals surface area contributed by atoms with E-state index in [4.69, 9.17) is 0 Å². The van der Waals surface area contributed by atoms with Gasteiger partial charge in [-0.15, -0.1) is 0 Å². The minimum atomic E-state index is -0.205. The first-order valence-corrected chi connectivity index (χ1v) is 6.73. The normalized spacial score (nSPS) is 10.0. The Labute approximate surface area is 114 Å². The van der Waals surface area contributed by atoms with Gasteiger partial charge in [-0.25, -0.2) is 0 Å².